The molecule has 0 atom stereocenters. The van der Waals surface area contributed by atoms with Crippen molar-refractivity contribution < 1.29 is 4.79 Å². The number of rotatable bonds is 4. The van der Waals surface area contributed by atoms with Gasteiger partial charge in [0.15, 0.2) is 0 Å². The third kappa shape index (κ3) is 3.66. The van der Waals surface area contributed by atoms with Crippen LogP contribution in [-0.2, 0) is 0 Å². The van der Waals surface area contributed by atoms with Gasteiger partial charge >= 0.3 is 0 Å². The highest BCUT2D eigenvalue weighted by atomic mass is 16.1. The second-order valence-corrected chi connectivity index (χ2v) is 5.20. The maximum absolute atomic E-state index is 11.9. The van der Waals surface area contributed by atoms with Crippen LogP contribution in [0.25, 0.3) is 11.3 Å². The largest absolute Gasteiger partial charge is 0.349 e. The van der Waals surface area contributed by atoms with E-state index in [1.807, 2.05) is 44.2 Å². The second kappa shape index (κ2) is 5.24. The van der Waals surface area contributed by atoms with E-state index in [1.165, 1.54) is 0 Å². The Morgan fingerprint density at radius 3 is 2.68 bits per heavy atom. The molecule has 0 radical (unpaired) electrons. The van der Waals surface area contributed by atoms with E-state index in [0.29, 0.717) is 12.2 Å². The molecule has 2 aromatic rings. The Hall–Kier alpha value is -2.14. The van der Waals surface area contributed by atoms with E-state index in [0.717, 1.165) is 11.3 Å². The molecule has 1 heterocycles. The highest BCUT2D eigenvalue weighted by Gasteiger charge is 2.15. The van der Waals surface area contributed by atoms with Gasteiger partial charge in [-0.15, -0.1) is 0 Å². The highest BCUT2D eigenvalue weighted by molar-refractivity contribution is 5.93. The molecule has 0 aliphatic carbocycles. The van der Waals surface area contributed by atoms with Gasteiger partial charge in [0.2, 0.25) is 0 Å². The van der Waals surface area contributed by atoms with Gasteiger partial charge in [-0.25, -0.2) is 0 Å². The van der Waals surface area contributed by atoms with Crippen LogP contribution in [0, 0.1) is 0 Å². The summed E-state index contributed by atoms with van der Waals surface area (Å²) in [7, 11) is 0. The van der Waals surface area contributed by atoms with E-state index in [9.17, 15) is 4.79 Å². The molecule has 0 aliphatic heterocycles. The van der Waals surface area contributed by atoms with Gasteiger partial charge in [-0.3, -0.25) is 9.89 Å². The van der Waals surface area contributed by atoms with Crippen LogP contribution < -0.4 is 11.1 Å². The van der Waals surface area contributed by atoms with E-state index in [2.05, 4.69) is 15.5 Å². The van der Waals surface area contributed by atoms with E-state index in [-0.39, 0.29) is 5.91 Å². The zero-order chi connectivity index (χ0) is 13.9. The zero-order valence-corrected chi connectivity index (χ0v) is 11.1. The summed E-state index contributed by atoms with van der Waals surface area (Å²) in [6.07, 6.45) is 0. The topological polar surface area (TPSA) is 83.8 Å². The average Bonchev–Trinajstić information content (AvgIpc) is 2.86. The fourth-order valence-corrected chi connectivity index (χ4v) is 1.60. The van der Waals surface area contributed by atoms with E-state index < -0.39 is 5.54 Å². The zero-order valence-electron chi connectivity index (χ0n) is 11.1. The Morgan fingerprint density at radius 1 is 1.37 bits per heavy atom. The summed E-state index contributed by atoms with van der Waals surface area (Å²) in [5.74, 6) is -0.201. The molecule has 19 heavy (non-hydrogen) atoms. The summed E-state index contributed by atoms with van der Waals surface area (Å²) < 4.78 is 0. The maximum Gasteiger partial charge on any atom is 0.269 e. The molecule has 0 saturated carbocycles. The number of nitrogens with two attached hydrogens (primary N) is 1. The number of carbonyl (C=O) groups is 1. The first-order valence-corrected chi connectivity index (χ1v) is 6.14. The van der Waals surface area contributed by atoms with Crippen LogP contribution in [0.4, 0.5) is 0 Å². The van der Waals surface area contributed by atoms with Gasteiger partial charge in [-0.05, 0) is 19.9 Å². The molecule has 1 aromatic heterocycles. The van der Waals surface area contributed by atoms with Crippen molar-refractivity contribution in [1.82, 2.24) is 15.5 Å². The molecule has 0 bridgehead atoms. The monoisotopic (exact) mass is 258 g/mol. The maximum atomic E-state index is 11.9. The molecule has 4 N–H and O–H groups in total. The van der Waals surface area contributed by atoms with Crippen LogP contribution in [0.3, 0.4) is 0 Å². The predicted molar refractivity (Wildman–Crippen MR) is 74.6 cm³/mol. The second-order valence-electron chi connectivity index (χ2n) is 5.20. The number of amides is 1. The van der Waals surface area contributed by atoms with Gasteiger partial charge in [-0.1, -0.05) is 30.3 Å². The normalized spacial score (nSPS) is 11.3. The first-order chi connectivity index (χ1) is 8.96. The van der Waals surface area contributed by atoms with Crippen molar-refractivity contribution in [3.8, 4) is 11.3 Å². The van der Waals surface area contributed by atoms with E-state index >= 15 is 0 Å². The van der Waals surface area contributed by atoms with Gasteiger partial charge in [-0.2, -0.15) is 5.10 Å². The van der Waals surface area contributed by atoms with Gasteiger partial charge in [0.05, 0.1) is 5.69 Å². The summed E-state index contributed by atoms with van der Waals surface area (Å²) in [4.78, 5) is 11.9. The fraction of sp³-hybridized carbons (Fsp3) is 0.286. The molecule has 100 valence electrons. The summed E-state index contributed by atoms with van der Waals surface area (Å²) >= 11 is 0. The Labute approximate surface area is 112 Å². The number of hydrogen-bond acceptors (Lipinski definition) is 3. The third-order valence-electron chi connectivity index (χ3n) is 2.60. The number of nitrogens with one attached hydrogen (secondary N) is 2. The van der Waals surface area contributed by atoms with E-state index in [4.69, 9.17) is 5.73 Å². The van der Waals surface area contributed by atoms with Gasteiger partial charge < -0.3 is 11.1 Å². The molecule has 1 aromatic carbocycles. The molecule has 0 aliphatic rings. The first kappa shape index (κ1) is 13.3. The Bertz CT molecular complexity index is 554. The number of hydrogen-bond donors (Lipinski definition) is 3. The summed E-state index contributed by atoms with van der Waals surface area (Å²) in [5.41, 5.74) is 7.54. The molecule has 0 saturated heterocycles. The van der Waals surface area contributed by atoms with Crippen LogP contribution in [0.5, 0.6) is 0 Å². The summed E-state index contributed by atoms with van der Waals surface area (Å²) in [5, 5.41) is 9.64. The summed E-state index contributed by atoms with van der Waals surface area (Å²) in [6, 6.07) is 11.4. The molecular weight excluding hydrogens is 240 g/mol. The number of aromatic nitrogens is 2. The molecule has 5 nitrogen and oxygen atoms in total. The Morgan fingerprint density at radius 2 is 2.05 bits per heavy atom. The van der Waals surface area contributed by atoms with Crippen LogP contribution in [0.1, 0.15) is 24.3 Å². The highest BCUT2D eigenvalue weighted by Crippen LogP contribution is 2.16. The minimum absolute atomic E-state index is 0.201. The Balaban J connectivity index is 2.07. The number of benzene rings is 1. The van der Waals surface area contributed by atoms with Crippen molar-refractivity contribution in [2.45, 2.75) is 19.4 Å². The molecular formula is C14H18N4O. The molecule has 2 rings (SSSR count). The lowest BCUT2D eigenvalue weighted by atomic mass is 10.1. The van der Waals surface area contributed by atoms with Crippen molar-refractivity contribution in [3.63, 3.8) is 0 Å². The minimum Gasteiger partial charge on any atom is -0.349 e. The number of H-pyrrole nitrogens is 1. The number of carbonyl (C=O) groups excluding carboxylic acids is 1. The lowest BCUT2D eigenvalue weighted by Crippen LogP contribution is -2.45. The van der Waals surface area contributed by atoms with Crippen molar-refractivity contribution in [2.75, 3.05) is 6.54 Å². The average molecular weight is 258 g/mol. The molecule has 5 heteroatoms. The predicted octanol–water partition coefficient (Wildman–Crippen LogP) is 1.54. The standard InChI is InChI=1S/C14H18N4O/c1-14(2,15)9-16-13(19)12-8-11(17-18-12)10-6-4-3-5-7-10/h3-8H,9,15H2,1-2H3,(H,16,19)(H,17,18). The van der Waals surface area contributed by atoms with Gasteiger partial charge in [0.25, 0.3) is 5.91 Å². The fourth-order valence-electron chi connectivity index (χ4n) is 1.60. The quantitative estimate of drug-likeness (QED) is 0.778. The first-order valence-electron chi connectivity index (χ1n) is 6.14. The minimum atomic E-state index is -0.433. The smallest absolute Gasteiger partial charge is 0.269 e. The Kier molecular flexibility index (Phi) is 3.66. The van der Waals surface area contributed by atoms with E-state index in [1.54, 1.807) is 6.07 Å². The van der Waals surface area contributed by atoms with Gasteiger partial charge in [0.1, 0.15) is 5.69 Å². The van der Waals surface area contributed by atoms with Crippen molar-refractivity contribution >= 4 is 5.91 Å². The third-order valence-corrected chi connectivity index (χ3v) is 2.60. The lowest BCUT2D eigenvalue weighted by molar-refractivity contribution is 0.0941. The van der Waals surface area contributed by atoms with Gasteiger partial charge in [0, 0.05) is 17.6 Å². The van der Waals surface area contributed by atoms with Crippen molar-refractivity contribution in [2.24, 2.45) is 5.73 Å². The summed E-state index contributed by atoms with van der Waals surface area (Å²) in [6.45, 7) is 4.12. The molecule has 0 fully saturated rings. The molecule has 1 amide bonds. The van der Waals surface area contributed by atoms with Crippen LogP contribution in [0.2, 0.25) is 0 Å². The molecule has 0 spiro atoms. The van der Waals surface area contributed by atoms with Crippen molar-refractivity contribution in [1.29, 1.82) is 0 Å². The van der Waals surface area contributed by atoms with Crippen LogP contribution >= 0.6 is 0 Å². The number of aromatic amines is 1. The lowest BCUT2D eigenvalue weighted by Gasteiger charge is -2.18. The molecule has 0 unspecified atom stereocenters. The van der Waals surface area contributed by atoms with Crippen LogP contribution in [0.15, 0.2) is 36.4 Å². The SMILES string of the molecule is CC(C)(N)CNC(=O)c1cc(-c2ccccc2)n[nH]1. The van der Waals surface area contributed by atoms with Crippen molar-refractivity contribution in [3.05, 3.63) is 42.1 Å². The van der Waals surface area contributed by atoms with Crippen LogP contribution in [-0.4, -0.2) is 28.2 Å². The number of nitrogens with zero attached hydrogens (tertiary/aromatic N) is 1.